The van der Waals surface area contributed by atoms with Crippen LogP contribution in [0.3, 0.4) is 0 Å². The summed E-state index contributed by atoms with van der Waals surface area (Å²) in [5.74, 6) is -0.631. The van der Waals surface area contributed by atoms with Crippen LogP contribution in [0.25, 0.3) is 0 Å². The van der Waals surface area contributed by atoms with Gasteiger partial charge in [-0.1, -0.05) is 12.1 Å². The molecule has 1 aromatic carbocycles. The predicted octanol–water partition coefficient (Wildman–Crippen LogP) is 0.426. The molecule has 1 unspecified atom stereocenters. The zero-order valence-corrected chi connectivity index (χ0v) is 11.6. The van der Waals surface area contributed by atoms with E-state index in [1.54, 1.807) is 19.1 Å². The third-order valence-electron chi connectivity index (χ3n) is 2.37. The minimum absolute atomic E-state index is 0.0674. The largest absolute Gasteiger partial charge is 0.464 e. The van der Waals surface area contributed by atoms with Crippen molar-refractivity contribution in [2.75, 3.05) is 24.8 Å². The lowest BCUT2D eigenvalue weighted by atomic mass is 10.2. The molecule has 0 fully saturated rings. The number of rotatable bonds is 6. The molecule has 1 atom stereocenters. The maximum Gasteiger partial charge on any atom is 0.330 e. The number of carbonyl (C=O) groups is 1. The lowest BCUT2D eigenvalue weighted by Crippen LogP contribution is -2.35. The van der Waals surface area contributed by atoms with Gasteiger partial charge in [0.1, 0.15) is 6.04 Å². The number of esters is 1. The molecule has 19 heavy (non-hydrogen) atoms. The van der Waals surface area contributed by atoms with Crippen LogP contribution in [0.5, 0.6) is 0 Å². The zero-order chi connectivity index (χ0) is 14.5. The van der Waals surface area contributed by atoms with E-state index < -0.39 is 28.5 Å². The van der Waals surface area contributed by atoms with Gasteiger partial charge >= 0.3 is 5.97 Å². The maximum atomic E-state index is 11.6. The first-order valence-electron chi connectivity index (χ1n) is 5.73. The van der Waals surface area contributed by atoms with Gasteiger partial charge in [-0.2, -0.15) is 0 Å². The highest BCUT2D eigenvalue weighted by atomic mass is 32.2. The molecule has 0 aromatic heterocycles. The van der Waals surface area contributed by atoms with Gasteiger partial charge in [0.2, 0.25) is 0 Å². The van der Waals surface area contributed by atoms with Crippen molar-refractivity contribution in [3.05, 3.63) is 24.3 Å². The molecule has 106 valence electrons. The topological polar surface area (TPSA) is 92.7 Å². The monoisotopic (exact) mass is 287 g/mol. The second-order valence-corrected chi connectivity index (χ2v) is 5.88. The fourth-order valence-electron chi connectivity index (χ4n) is 1.52. The quantitative estimate of drug-likeness (QED) is 0.737. The Morgan fingerprint density at radius 1 is 1.42 bits per heavy atom. The summed E-state index contributed by atoms with van der Waals surface area (Å²) in [6, 6.07) is 5.18. The summed E-state index contributed by atoms with van der Waals surface area (Å²) in [6.07, 6.45) is 1.08. The molecule has 1 rings (SSSR count). The summed E-state index contributed by atoms with van der Waals surface area (Å²) in [5.41, 5.74) is 0.261. The summed E-state index contributed by atoms with van der Waals surface area (Å²) in [4.78, 5) is 11.6. The normalized spacial score (nSPS) is 12.8. The van der Waals surface area contributed by atoms with E-state index in [1.807, 2.05) is 0 Å². The summed E-state index contributed by atoms with van der Waals surface area (Å²) >= 11 is 0. The molecule has 0 saturated heterocycles. The van der Waals surface area contributed by atoms with Gasteiger partial charge in [-0.05, 0) is 19.1 Å². The van der Waals surface area contributed by atoms with Crippen LogP contribution in [-0.4, -0.2) is 45.0 Å². The number of benzene rings is 1. The minimum atomic E-state index is -3.42. The number of hydrogen-bond acceptors (Lipinski definition) is 6. The van der Waals surface area contributed by atoms with Crippen LogP contribution in [-0.2, 0) is 19.4 Å². The number of ether oxygens (including phenoxy) is 1. The molecule has 1 aromatic rings. The molecule has 7 heteroatoms. The van der Waals surface area contributed by atoms with Crippen molar-refractivity contribution in [2.24, 2.45) is 0 Å². The summed E-state index contributed by atoms with van der Waals surface area (Å²) in [7, 11) is -3.42. The van der Waals surface area contributed by atoms with Crippen LogP contribution in [0.4, 0.5) is 5.69 Å². The molecule has 0 bridgehead atoms. The first kappa shape index (κ1) is 15.5. The van der Waals surface area contributed by atoms with Crippen LogP contribution in [0.15, 0.2) is 29.2 Å². The molecule has 2 N–H and O–H groups in total. The van der Waals surface area contributed by atoms with E-state index in [9.17, 15) is 13.2 Å². The molecule has 0 spiro atoms. The van der Waals surface area contributed by atoms with Crippen LogP contribution >= 0.6 is 0 Å². The average molecular weight is 287 g/mol. The van der Waals surface area contributed by atoms with E-state index >= 15 is 0 Å². The Morgan fingerprint density at radius 3 is 2.58 bits per heavy atom. The van der Waals surface area contributed by atoms with Crippen LogP contribution in [0, 0.1) is 0 Å². The number of hydrogen-bond donors (Lipinski definition) is 2. The Bertz CT molecular complexity index is 541. The van der Waals surface area contributed by atoms with E-state index in [0.29, 0.717) is 0 Å². The summed E-state index contributed by atoms with van der Waals surface area (Å²) in [6.45, 7) is 1.35. The number of sulfone groups is 1. The highest BCUT2D eigenvalue weighted by Gasteiger charge is 2.21. The average Bonchev–Trinajstić information content (AvgIpc) is 2.35. The molecule has 0 saturated carbocycles. The van der Waals surface area contributed by atoms with E-state index in [-0.39, 0.29) is 17.2 Å². The molecular weight excluding hydrogens is 270 g/mol. The second-order valence-electron chi connectivity index (χ2n) is 3.90. The fourth-order valence-corrected chi connectivity index (χ4v) is 2.37. The van der Waals surface area contributed by atoms with Gasteiger partial charge in [0.15, 0.2) is 9.84 Å². The Kier molecular flexibility index (Phi) is 5.31. The Morgan fingerprint density at radius 2 is 2.05 bits per heavy atom. The van der Waals surface area contributed by atoms with Crippen molar-refractivity contribution in [3.63, 3.8) is 0 Å². The van der Waals surface area contributed by atoms with Gasteiger partial charge in [-0.25, -0.2) is 13.2 Å². The first-order valence-corrected chi connectivity index (χ1v) is 7.62. The predicted molar refractivity (Wildman–Crippen MR) is 70.7 cm³/mol. The highest BCUT2D eigenvalue weighted by Crippen LogP contribution is 2.21. The van der Waals surface area contributed by atoms with Gasteiger partial charge in [-0.15, -0.1) is 0 Å². The van der Waals surface area contributed by atoms with Crippen molar-refractivity contribution in [1.29, 1.82) is 0 Å². The van der Waals surface area contributed by atoms with Crippen molar-refractivity contribution in [1.82, 2.24) is 0 Å². The van der Waals surface area contributed by atoms with Gasteiger partial charge in [-0.3, -0.25) is 0 Å². The molecular formula is C12H17NO5S. The standard InChI is InChI=1S/C12H17NO5S/c1-3-18-12(15)10(8-14)13-9-6-4-5-7-11(9)19(2,16)17/h4-7,10,13-14H,3,8H2,1-2H3. The zero-order valence-electron chi connectivity index (χ0n) is 10.8. The van der Waals surface area contributed by atoms with Crippen LogP contribution in [0.2, 0.25) is 0 Å². The van der Waals surface area contributed by atoms with Crippen LogP contribution in [0.1, 0.15) is 6.92 Å². The van der Waals surface area contributed by atoms with E-state index in [4.69, 9.17) is 9.84 Å². The van der Waals surface area contributed by atoms with E-state index in [1.165, 1.54) is 12.1 Å². The Labute approximate surface area is 112 Å². The maximum absolute atomic E-state index is 11.6. The molecule has 0 aliphatic carbocycles. The SMILES string of the molecule is CCOC(=O)C(CO)Nc1ccccc1S(C)(=O)=O. The third kappa shape index (κ3) is 4.22. The van der Waals surface area contributed by atoms with E-state index in [2.05, 4.69) is 5.32 Å². The number of anilines is 1. The third-order valence-corrected chi connectivity index (χ3v) is 3.52. The van der Waals surface area contributed by atoms with Gasteiger partial charge in [0, 0.05) is 6.26 Å². The van der Waals surface area contributed by atoms with E-state index in [0.717, 1.165) is 6.26 Å². The molecule has 0 aliphatic heterocycles. The van der Waals surface area contributed by atoms with Crippen molar-refractivity contribution < 1.29 is 23.1 Å². The lowest BCUT2D eigenvalue weighted by molar-refractivity contribution is -0.144. The second kappa shape index (κ2) is 6.53. The fraction of sp³-hybridized carbons (Fsp3) is 0.417. The van der Waals surface area contributed by atoms with Gasteiger partial charge < -0.3 is 15.2 Å². The molecule has 0 aliphatic rings. The van der Waals surface area contributed by atoms with Crippen LogP contribution < -0.4 is 5.32 Å². The van der Waals surface area contributed by atoms with Gasteiger partial charge in [0.25, 0.3) is 0 Å². The number of para-hydroxylation sites is 1. The molecule has 0 heterocycles. The summed E-state index contributed by atoms with van der Waals surface area (Å²) < 4.78 is 28.0. The Balaban J connectivity index is 3.01. The molecule has 0 radical (unpaired) electrons. The molecule has 0 amide bonds. The van der Waals surface area contributed by atoms with Gasteiger partial charge in [0.05, 0.1) is 23.8 Å². The number of aliphatic hydroxyl groups is 1. The number of nitrogens with one attached hydrogen (secondary N) is 1. The van der Waals surface area contributed by atoms with Crippen molar-refractivity contribution >= 4 is 21.5 Å². The Hall–Kier alpha value is -1.60. The van der Waals surface area contributed by atoms with Crippen molar-refractivity contribution in [3.8, 4) is 0 Å². The lowest BCUT2D eigenvalue weighted by Gasteiger charge is -2.17. The summed E-state index contributed by atoms with van der Waals surface area (Å²) in [5, 5.41) is 11.9. The first-order chi connectivity index (χ1) is 8.90. The smallest absolute Gasteiger partial charge is 0.330 e. The number of carbonyl (C=O) groups excluding carboxylic acids is 1. The highest BCUT2D eigenvalue weighted by molar-refractivity contribution is 7.90. The molecule has 6 nitrogen and oxygen atoms in total. The van der Waals surface area contributed by atoms with Crippen molar-refractivity contribution in [2.45, 2.75) is 17.9 Å². The minimum Gasteiger partial charge on any atom is -0.464 e. The number of aliphatic hydroxyl groups excluding tert-OH is 1.